The van der Waals surface area contributed by atoms with Crippen LogP contribution in [0, 0.1) is 0 Å². The van der Waals surface area contributed by atoms with Gasteiger partial charge in [-0.25, -0.2) is 9.78 Å². The summed E-state index contributed by atoms with van der Waals surface area (Å²) < 4.78 is 6.19. The third-order valence-corrected chi connectivity index (χ3v) is 6.35. The summed E-state index contributed by atoms with van der Waals surface area (Å²) in [5.41, 5.74) is 0. The van der Waals surface area contributed by atoms with Crippen LogP contribution in [-0.2, 0) is 19.3 Å². The quantitative estimate of drug-likeness (QED) is 0.108. The van der Waals surface area contributed by atoms with Crippen molar-refractivity contribution in [2.45, 2.75) is 127 Å². The molecule has 0 aliphatic carbocycles. The maximum Gasteiger partial charge on any atom is 1.00 e. The molecule has 0 aromatic rings. The Morgan fingerprint density at radius 2 is 1.42 bits per heavy atom. The van der Waals surface area contributed by atoms with E-state index in [9.17, 15) is 9.90 Å². The molecule has 4 atom stereocenters. The van der Waals surface area contributed by atoms with E-state index >= 15 is 0 Å². The smallest absolute Gasteiger partial charge is 0.550 e. The van der Waals surface area contributed by atoms with Gasteiger partial charge in [-0.15, -0.1) is 6.58 Å². The zero-order valence-corrected chi connectivity index (χ0v) is 22.8. The molecule has 0 radical (unpaired) electrons. The van der Waals surface area contributed by atoms with Crippen LogP contribution in [0.4, 0.5) is 0 Å². The van der Waals surface area contributed by atoms with Crippen LogP contribution in [0.1, 0.15) is 103 Å². The number of carboxylic acid groups (broad SMARTS) is 1. The minimum atomic E-state index is -1.09. The van der Waals surface area contributed by atoms with E-state index in [-0.39, 0.29) is 48.2 Å². The molecule has 2 saturated heterocycles. The van der Waals surface area contributed by atoms with Gasteiger partial charge in [-0.3, -0.25) is 0 Å². The number of carbonyl (C=O) groups excluding carboxylic acids is 1. The summed E-state index contributed by atoms with van der Waals surface area (Å²) in [7, 11) is 0. The molecule has 0 amide bonds. The molecular formula is C27H43NaO5. The molecule has 0 aromatic heterocycles. The zero-order valence-electron chi connectivity index (χ0n) is 20.8. The summed E-state index contributed by atoms with van der Waals surface area (Å²) in [6.45, 7) is 3.74. The average molecular weight is 471 g/mol. The molecule has 0 bridgehead atoms. The molecule has 2 aliphatic rings. The van der Waals surface area contributed by atoms with Crippen molar-refractivity contribution in [2.24, 2.45) is 0 Å². The van der Waals surface area contributed by atoms with Gasteiger partial charge in [0.1, 0.15) is 6.10 Å². The maximum atomic E-state index is 10.7. The first-order valence-electron chi connectivity index (χ1n) is 12.8. The van der Waals surface area contributed by atoms with Gasteiger partial charge in [0.05, 0.1) is 18.3 Å². The van der Waals surface area contributed by atoms with Gasteiger partial charge in [-0.05, 0) is 64.2 Å². The summed E-state index contributed by atoms with van der Waals surface area (Å²) in [5, 5.41) is 10.7. The fourth-order valence-electron chi connectivity index (χ4n) is 4.46. The number of carbonyl (C=O) groups is 1. The monoisotopic (exact) mass is 470 g/mol. The molecule has 0 unspecified atom stereocenters. The van der Waals surface area contributed by atoms with Crippen LogP contribution in [0.25, 0.3) is 0 Å². The average Bonchev–Trinajstić information content (AvgIpc) is 3.25. The number of allylic oxidation sites excluding steroid dienone is 5. The second-order valence-electron chi connectivity index (χ2n) is 9.15. The van der Waals surface area contributed by atoms with Gasteiger partial charge in [-0.2, -0.15) is 0 Å². The summed E-state index contributed by atoms with van der Waals surface area (Å²) in [6.07, 6.45) is 27.7. The van der Waals surface area contributed by atoms with Gasteiger partial charge >= 0.3 is 29.6 Å². The van der Waals surface area contributed by atoms with E-state index in [0.717, 1.165) is 38.5 Å². The Balaban J connectivity index is 0.00000544. The summed E-state index contributed by atoms with van der Waals surface area (Å²) in [5.74, 6) is -1.09. The van der Waals surface area contributed by atoms with Crippen molar-refractivity contribution in [3.63, 3.8) is 0 Å². The molecule has 0 saturated carbocycles. The van der Waals surface area contributed by atoms with Gasteiger partial charge < -0.3 is 14.6 Å². The maximum absolute atomic E-state index is 10.7. The van der Waals surface area contributed by atoms with E-state index in [1.807, 2.05) is 6.08 Å². The number of unbranched alkanes of at least 4 members (excludes halogenated alkanes) is 8. The predicted molar refractivity (Wildman–Crippen MR) is 126 cm³/mol. The van der Waals surface area contributed by atoms with E-state index in [2.05, 4.69) is 30.9 Å². The topological polar surface area (TPSA) is 67.8 Å². The number of hydrogen-bond acceptors (Lipinski definition) is 5. The number of ether oxygens (including phenoxy) is 1. The summed E-state index contributed by atoms with van der Waals surface area (Å²) >= 11 is 0. The van der Waals surface area contributed by atoms with Crippen molar-refractivity contribution >= 4 is 5.97 Å². The fraction of sp³-hybridized carbons (Fsp3) is 0.741. The third-order valence-electron chi connectivity index (χ3n) is 6.35. The summed E-state index contributed by atoms with van der Waals surface area (Å²) in [4.78, 5) is 21.3. The van der Waals surface area contributed by atoms with Gasteiger partial charge in [0.25, 0.3) is 0 Å². The molecule has 2 aliphatic heterocycles. The minimum Gasteiger partial charge on any atom is -0.550 e. The summed E-state index contributed by atoms with van der Waals surface area (Å²) in [6, 6.07) is 0. The molecule has 2 fully saturated rings. The number of rotatable bonds is 17. The van der Waals surface area contributed by atoms with Crippen LogP contribution < -0.4 is 34.7 Å². The SMILES string of the molecule is C=CCCC/C=C/C=C\CCCCCCCC[C@@H]1CC[C@@H]([C@@H]2CC[C@@H](CC(=O)[O-])OO2)O1.[Na+]. The van der Waals surface area contributed by atoms with Crippen molar-refractivity contribution in [1.29, 1.82) is 0 Å². The van der Waals surface area contributed by atoms with Crippen molar-refractivity contribution in [3.05, 3.63) is 37.0 Å². The van der Waals surface area contributed by atoms with Gasteiger partial charge in [0, 0.05) is 12.4 Å². The van der Waals surface area contributed by atoms with Crippen molar-refractivity contribution < 1.29 is 54.0 Å². The predicted octanol–water partition coefficient (Wildman–Crippen LogP) is 2.75. The first-order valence-corrected chi connectivity index (χ1v) is 12.8. The normalized spacial score (nSPS) is 25.5. The zero-order chi connectivity index (χ0) is 22.9. The number of aliphatic carboxylic acids is 1. The van der Waals surface area contributed by atoms with Crippen molar-refractivity contribution in [3.8, 4) is 0 Å². The molecular weight excluding hydrogens is 427 g/mol. The molecule has 5 nitrogen and oxygen atoms in total. The van der Waals surface area contributed by atoms with Gasteiger partial charge in [0.2, 0.25) is 0 Å². The minimum absolute atomic E-state index is 0. The van der Waals surface area contributed by atoms with Gasteiger partial charge in [0.15, 0.2) is 0 Å². The van der Waals surface area contributed by atoms with E-state index in [1.54, 1.807) is 0 Å². The molecule has 33 heavy (non-hydrogen) atoms. The van der Waals surface area contributed by atoms with Gasteiger partial charge in [-0.1, -0.05) is 62.5 Å². The molecule has 2 rings (SSSR count). The third kappa shape index (κ3) is 14.5. The van der Waals surface area contributed by atoms with Crippen LogP contribution in [-0.4, -0.2) is 30.4 Å². The van der Waals surface area contributed by atoms with E-state index in [4.69, 9.17) is 14.5 Å². The first kappa shape index (κ1) is 30.6. The Labute approximate surface area is 223 Å². The van der Waals surface area contributed by atoms with Crippen LogP contribution in [0.2, 0.25) is 0 Å². The Kier molecular flexibility index (Phi) is 18.4. The standard InChI is InChI=1S/C27H44O5.Na/c1-2-3-4-5-6-7-8-9-10-11-12-13-14-15-16-17-23-18-20-25(30-23)26-21-19-24(31-32-26)22-27(28)29;/h2,6-9,23-26H,1,3-5,10-22H2,(H,28,29);/q;+1/p-1/b7-6+,9-8-;/t23-,24+,25+,26+;/m1./s1. The van der Waals surface area contributed by atoms with Crippen molar-refractivity contribution in [1.82, 2.24) is 0 Å². The molecule has 2 heterocycles. The Hall–Kier alpha value is -0.430. The number of carboxylic acids is 1. The molecule has 182 valence electrons. The van der Waals surface area contributed by atoms with Crippen LogP contribution in [0.5, 0.6) is 0 Å². The number of hydrogen-bond donors (Lipinski definition) is 0. The Morgan fingerprint density at radius 1 is 0.788 bits per heavy atom. The van der Waals surface area contributed by atoms with E-state index in [0.29, 0.717) is 12.5 Å². The molecule has 6 heteroatoms. The molecule has 0 spiro atoms. The van der Waals surface area contributed by atoms with Crippen LogP contribution in [0.3, 0.4) is 0 Å². The largest absolute Gasteiger partial charge is 1.00 e. The Morgan fingerprint density at radius 3 is 2.09 bits per heavy atom. The first-order chi connectivity index (χ1) is 15.7. The second-order valence-corrected chi connectivity index (χ2v) is 9.15. The second kappa shape index (κ2) is 19.8. The van der Waals surface area contributed by atoms with Crippen LogP contribution >= 0.6 is 0 Å². The van der Waals surface area contributed by atoms with E-state index in [1.165, 1.54) is 51.4 Å². The van der Waals surface area contributed by atoms with Crippen molar-refractivity contribution in [2.75, 3.05) is 0 Å². The molecule has 0 aromatic carbocycles. The Bertz CT molecular complexity index is 569. The fourth-order valence-corrected chi connectivity index (χ4v) is 4.46. The van der Waals surface area contributed by atoms with Crippen LogP contribution in [0.15, 0.2) is 37.0 Å². The van der Waals surface area contributed by atoms with E-state index < -0.39 is 12.1 Å². The molecule has 0 N–H and O–H groups in total.